The third-order valence-corrected chi connectivity index (χ3v) is 6.21. The van der Waals surface area contributed by atoms with Crippen molar-refractivity contribution in [1.29, 1.82) is 0 Å². The van der Waals surface area contributed by atoms with Gasteiger partial charge in [-0.3, -0.25) is 14.7 Å². The summed E-state index contributed by atoms with van der Waals surface area (Å²) in [6.07, 6.45) is 2.13. The molecule has 0 amide bonds. The molecule has 2 aromatic heterocycles. The summed E-state index contributed by atoms with van der Waals surface area (Å²) in [5, 5.41) is 24.7. The Morgan fingerprint density at radius 2 is 1.97 bits per heavy atom. The second-order valence-corrected chi connectivity index (χ2v) is 8.67. The summed E-state index contributed by atoms with van der Waals surface area (Å²) < 4.78 is 13.3. The van der Waals surface area contributed by atoms with Gasteiger partial charge in [-0.05, 0) is 37.1 Å². The van der Waals surface area contributed by atoms with Gasteiger partial charge < -0.3 is 9.26 Å². The maximum atomic E-state index is 10.8. The first-order valence-electron chi connectivity index (χ1n) is 10.1. The van der Waals surface area contributed by atoms with E-state index >= 15 is 0 Å². The number of halogens is 1. The predicted octanol–water partition coefficient (Wildman–Crippen LogP) is 5.10. The fourth-order valence-electron chi connectivity index (χ4n) is 3.20. The number of ether oxygens (including phenoxy) is 1. The van der Waals surface area contributed by atoms with Gasteiger partial charge >= 0.3 is 0 Å². The Labute approximate surface area is 197 Å². The quantitative estimate of drug-likeness (QED) is 0.181. The van der Waals surface area contributed by atoms with Crippen LogP contribution in [0.4, 0.5) is 5.69 Å². The Morgan fingerprint density at radius 1 is 1.18 bits per heavy atom. The molecule has 0 N–H and O–H groups in total. The summed E-state index contributed by atoms with van der Waals surface area (Å²) in [5.41, 5.74) is 0.646. The monoisotopic (exact) mass is 484 g/mol. The standard InChI is InChI=1S/C21H17ClN6O4S/c22-16-3-1-2-4-17(16)31-11-18-24-25-21(27(18)14-9-10-14)33-12-19-23-20(26-32-19)13-5-7-15(8-6-13)28(29)30/h1-8,14H,9-12H2. The van der Waals surface area contributed by atoms with Crippen molar-refractivity contribution >= 4 is 29.1 Å². The van der Waals surface area contributed by atoms with Crippen molar-refractivity contribution in [3.63, 3.8) is 0 Å². The average Bonchev–Trinajstić information content (AvgIpc) is 3.40. The number of rotatable bonds is 9. The Hall–Kier alpha value is -3.44. The molecule has 1 aliphatic carbocycles. The lowest BCUT2D eigenvalue weighted by molar-refractivity contribution is -0.384. The highest BCUT2D eigenvalue weighted by Gasteiger charge is 2.30. The lowest BCUT2D eigenvalue weighted by Gasteiger charge is -2.10. The van der Waals surface area contributed by atoms with E-state index in [1.807, 2.05) is 18.2 Å². The number of nitrogens with zero attached hydrogens (tertiary/aromatic N) is 6. The second kappa shape index (κ2) is 9.20. The molecule has 4 aromatic rings. The third-order valence-electron chi connectivity index (χ3n) is 4.97. The molecule has 0 spiro atoms. The Morgan fingerprint density at radius 3 is 2.70 bits per heavy atom. The number of benzene rings is 2. The van der Waals surface area contributed by atoms with Gasteiger partial charge in [0, 0.05) is 23.7 Å². The van der Waals surface area contributed by atoms with Gasteiger partial charge in [-0.2, -0.15) is 4.98 Å². The zero-order valence-electron chi connectivity index (χ0n) is 17.1. The zero-order valence-corrected chi connectivity index (χ0v) is 18.7. The van der Waals surface area contributed by atoms with Crippen LogP contribution in [0.1, 0.15) is 30.6 Å². The van der Waals surface area contributed by atoms with Gasteiger partial charge in [0.2, 0.25) is 11.7 Å². The molecule has 0 atom stereocenters. The van der Waals surface area contributed by atoms with Crippen LogP contribution < -0.4 is 4.74 Å². The van der Waals surface area contributed by atoms with Gasteiger partial charge in [0.1, 0.15) is 12.4 Å². The maximum Gasteiger partial charge on any atom is 0.269 e. The highest BCUT2D eigenvalue weighted by atomic mass is 35.5. The highest BCUT2D eigenvalue weighted by Crippen LogP contribution is 2.39. The first-order chi connectivity index (χ1) is 16.1. The van der Waals surface area contributed by atoms with E-state index in [0.29, 0.717) is 39.8 Å². The molecular formula is C21H17ClN6O4S. The highest BCUT2D eigenvalue weighted by molar-refractivity contribution is 7.98. The number of hydrogen-bond acceptors (Lipinski definition) is 9. The van der Waals surface area contributed by atoms with Crippen molar-refractivity contribution in [2.45, 2.75) is 36.4 Å². The average molecular weight is 485 g/mol. The van der Waals surface area contributed by atoms with Crippen LogP contribution >= 0.6 is 23.4 Å². The molecule has 5 rings (SSSR count). The minimum Gasteiger partial charge on any atom is -0.484 e. The normalized spacial score (nSPS) is 13.2. The van der Waals surface area contributed by atoms with Gasteiger partial charge in [0.25, 0.3) is 5.69 Å². The van der Waals surface area contributed by atoms with Crippen molar-refractivity contribution in [3.05, 3.63) is 75.4 Å². The van der Waals surface area contributed by atoms with Crippen LogP contribution in [0.25, 0.3) is 11.4 Å². The van der Waals surface area contributed by atoms with Gasteiger partial charge in [-0.25, -0.2) is 0 Å². The van der Waals surface area contributed by atoms with Gasteiger partial charge in [-0.15, -0.1) is 10.2 Å². The van der Waals surface area contributed by atoms with Crippen molar-refractivity contribution in [3.8, 4) is 17.1 Å². The van der Waals surface area contributed by atoms with Crippen molar-refractivity contribution in [2.75, 3.05) is 0 Å². The van der Waals surface area contributed by atoms with E-state index in [1.165, 1.54) is 23.9 Å². The third kappa shape index (κ3) is 4.83. The van der Waals surface area contributed by atoms with E-state index in [9.17, 15) is 10.1 Å². The number of thioether (sulfide) groups is 1. The minimum atomic E-state index is -0.453. The number of non-ortho nitro benzene ring substituents is 1. The largest absolute Gasteiger partial charge is 0.484 e. The summed E-state index contributed by atoms with van der Waals surface area (Å²) in [4.78, 5) is 14.7. The van der Waals surface area contributed by atoms with Crippen LogP contribution in [0.2, 0.25) is 5.02 Å². The zero-order chi connectivity index (χ0) is 22.8. The fourth-order valence-corrected chi connectivity index (χ4v) is 4.25. The van der Waals surface area contributed by atoms with E-state index in [2.05, 4.69) is 24.9 Å². The summed E-state index contributed by atoms with van der Waals surface area (Å²) in [6.45, 7) is 0.263. The molecule has 168 valence electrons. The number of para-hydroxylation sites is 1. The van der Waals surface area contributed by atoms with E-state index < -0.39 is 4.92 Å². The van der Waals surface area contributed by atoms with Crippen LogP contribution in [0.3, 0.4) is 0 Å². The molecule has 0 bridgehead atoms. The number of hydrogen-bond donors (Lipinski definition) is 0. The molecule has 0 unspecified atom stereocenters. The Bertz CT molecular complexity index is 1290. The van der Waals surface area contributed by atoms with Crippen LogP contribution in [0, 0.1) is 10.1 Å². The van der Waals surface area contributed by atoms with Gasteiger partial charge in [-0.1, -0.05) is 40.7 Å². The van der Waals surface area contributed by atoms with Gasteiger partial charge in [0.05, 0.1) is 15.7 Å². The smallest absolute Gasteiger partial charge is 0.269 e. The lowest BCUT2D eigenvalue weighted by atomic mass is 10.2. The fraction of sp³-hybridized carbons (Fsp3) is 0.238. The second-order valence-electron chi connectivity index (χ2n) is 7.32. The predicted molar refractivity (Wildman–Crippen MR) is 120 cm³/mol. The molecule has 1 fully saturated rings. The summed E-state index contributed by atoms with van der Waals surface area (Å²) in [6, 6.07) is 13.7. The summed E-state index contributed by atoms with van der Waals surface area (Å²) in [7, 11) is 0. The van der Waals surface area contributed by atoms with Crippen molar-refractivity contribution in [2.24, 2.45) is 0 Å². The van der Waals surface area contributed by atoms with Crippen LogP contribution in [-0.4, -0.2) is 29.8 Å². The van der Waals surface area contributed by atoms with Gasteiger partial charge in [0.15, 0.2) is 11.0 Å². The molecular weight excluding hydrogens is 468 g/mol. The van der Waals surface area contributed by atoms with Crippen LogP contribution in [0.15, 0.2) is 58.2 Å². The molecule has 1 aliphatic rings. The van der Waals surface area contributed by atoms with Crippen LogP contribution in [0.5, 0.6) is 5.75 Å². The topological polar surface area (TPSA) is 122 Å². The number of nitro groups is 1. The molecule has 0 aliphatic heterocycles. The van der Waals surface area contributed by atoms with Crippen LogP contribution in [-0.2, 0) is 12.4 Å². The molecule has 0 radical (unpaired) electrons. The molecule has 33 heavy (non-hydrogen) atoms. The molecule has 2 heterocycles. The Balaban J connectivity index is 1.26. The van der Waals surface area contributed by atoms with E-state index in [1.54, 1.807) is 18.2 Å². The maximum absolute atomic E-state index is 10.8. The van der Waals surface area contributed by atoms with Crippen molar-refractivity contribution in [1.82, 2.24) is 24.9 Å². The Kier molecular flexibility index (Phi) is 5.97. The molecule has 2 aromatic carbocycles. The molecule has 12 heteroatoms. The number of aromatic nitrogens is 5. The SMILES string of the molecule is O=[N+]([O-])c1ccc(-c2noc(CSc3nnc(COc4ccccc4Cl)n3C3CC3)n2)cc1. The number of nitro benzene ring substituents is 1. The molecule has 1 saturated carbocycles. The molecule has 10 nitrogen and oxygen atoms in total. The van der Waals surface area contributed by atoms with Crippen molar-refractivity contribution < 1.29 is 14.2 Å². The van der Waals surface area contributed by atoms with E-state index in [-0.39, 0.29) is 12.3 Å². The summed E-state index contributed by atoms with van der Waals surface area (Å²) in [5.74, 6) is 2.54. The minimum absolute atomic E-state index is 0.00626. The van der Waals surface area contributed by atoms with E-state index in [0.717, 1.165) is 23.8 Å². The molecule has 0 saturated heterocycles. The first kappa shape index (κ1) is 21.4. The lowest BCUT2D eigenvalue weighted by Crippen LogP contribution is -2.07. The van der Waals surface area contributed by atoms with E-state index in [4.69, 9.17) is 20.9 Å². The first-order valence-corrected chi connectivity index (χ1v) is 11.5. The summed E-state index contributed by atoms with van der Waals surface area (Å²) >= 11 is 7.62.